The van der Waals surface area contributed by atoms with Gasteiger partial charge in [-0.15, -0.1) is 22.7 Å². The highest BCUT2D eigenvalue weighted by molar-refractivity contribution is 7.36. The molecule has 4 aromatic rings. The van der Waals surface area contributed by atoms with E-state index in [-0.39, 0.29) is 0 Å². The SMILES string of the molecule is Cc1ccc2c(c1)sc1c3cc(C)ccc3sc21. The van der Waals surface area contributed by atoms with Gasteiger partial charge in [-0.1, -0.05) is 23.8 Å². The number of rotatable bonds is 0. The van der Waals surface area contributed by atoms with Gasteiger partial charge in [0.1, 0.15) is 0 Å². The molecule has 0 radical (unpaired) electrons. The minimum atomic E-state index is 1.34. The van der Waals surface area contributed by atoms with E-state index in [0.29, 0.717) is 0 Å². The topological polar surface area (TPSA) is 0 Å². The third-order valence-electron chi connectivity index (χ3n) is 3.39. The fourth-order valence-electron chi connectivity index (χ4n) is 2.48. The molecule has 0 saturated heterocycles. The highest BCUT2D eigenvalue weighted by Gasteiger charge is 2.11. The predicted octanol–water partition coefficient (Wildman–Crippen LogP) is 5.89. The Morgan fingerprint density at radius 3 is 2.22 bits per heavy atom. The molecule has 88 valence electrons. The molecule has 18 heavy (non-hydrogen) atoms. The third-order valence-corrected chi connectivity index (χ3v) is 5.91. The lowest BCUT2D eigenvalue weighted by atomic mass is 10.1. The van der Waals surface area contributed by atoms with E-state index >= 15 is 0 Å². The van der Waals surface area contributed by atoms with Crippen LogP contribution in [0.1, 0.15) is 11.1 Å². The van der Waals surface area contributed by atoms with Crippen LogP contribution in [-0.2, 0) is 0 Å². The van der Waals surface area contributed by atoms with Gasteiger partial charge in [0.05, 0.1) is 9.40 Å². The largest absolute Gasteiger partial charge is 0.134 e. The molecule has 0 fully saturated rings. The van der Waals surface area contributed by atoms with Crippen molar-refractivity contribution in [2.45, 2.75) is 13.8 Å². The number of aryl methyl sites for hydroxylation is 2. The molecule has 2 aromatic heterocycles. The van der Waals surface area contributed by atoms with Gasteiger partial charge < -0.3 is 0 Å². The Kier molecular flexibility index (Phi) is 2.08. The van der Waals surface area contributed by atoms with E-state index in [1.54, 1.807) is 0 Å². The minimum absolute atomic E-state index is 1.34. The third kappa shape index (κ3) is 1.36. The number of fused-ring (bicyclic) bond motifs is 5. The average Bonchev–Trinajstić information content (AvgIpc) is 2.84. The van der Waals surface area contributed by atoms with Gasteiger partial charge >= 0.3 is 0 Å². The first-order chi connectivity index (χ1) is 8.72. The average molecular weight is 268 g/mol. The highest BCUT2D eigenvalue weighted by Crippen LogP contribution is 2.44. The molecule has 0 atom stereocenters. The molecule has 2 heteroatoms. The van der Waals surface area contributed by atoms with Crippen LogP contribution in [0, 0.1) is 13.8 Å². The molecule has 0 amide bonds. The molecule has 0 aliphatic heterocycles. The molecule has 0 unspecified atom stereocenters. The zero-order valence-electron chi connectivity index (χ0n) is 10.3. The Bertz CT molecular complexity index is 894. The van der Waals surface area contributed by atoms with Crippen LogP contribution in [-0.4, -0.2) is 0 Å². The lowest BCUT2D eigenvalue weighted by molar-refractivity contribution is 1.52. The highest BCUT2D eigenvalue weighted by atomic mass is 32.1. The zero-order valence-corrected chi connectivity index (χ0v) is 11.9. The van der Waals surface area contributed by atoms with Crippen LogP contribution in [0.15, 0.2) is 36.4 Å². The lowest BCUT2D eigenvalue weighted by Crippen LogP contribution is -1.68. The predicted molar refractivity (Wildman–Crippen MR) is 84.2 cm³/mol. The van der Waals surface area contributed by atoms with Gasteiger partial charge in [0.2, 0.25) is 0 Å². The van der Waals surface area contributed by atoms with E-state index in [0.717, 1.165) is 0 Å². The monoisotopic (exact) mass is 268 g/mol. The molecule has 0 bridgehead atoms. The van der Waals surface area contributed by atoms with Gasteiger partial charge in [-0.05, 0) is 37.6 Å². The van der Waals surface area contributed by atoms with E-state index in [9.17, 15) is 0 Å². The number of hydrogen-bond acceptors (Lipinski definition) is 2. The summed E-state index contributed by atoms with van der Waals surface area (Å²) in [6.07, 6.45) is 0. The molecular formula is C16H12S2. The van der Waals surface area contributed by atoms with Gasteiger partial charge in [-0.3, -0.25) is 0 Å². The zero-order chi connectivity index (χ0) is 12.3. The Morgan fingerprint density at radius 1 is 0.667 bits per heavy atom. The number of hydrogen-bond donors (Lipinski definition) is 0. The second-order valence-electron chi connectivity index (χ2n) is 4.86. The summed E-state index contributed by atoms with van der Waals surface area (Å²) in [5, 5.41) is 2.84. The summed E-state index contributed by atoms with van der Waals surface area (Å²) in [6, 6.07) is 13.6. The molecule has 0 saturated carbocycles. The van der Waals surface area contributed by atoms with Crippen molar-refractivity contribution in [1.29, 1.82) is 0 Å². The molecule has 2 heterocycles. The Morgan fingerprint density at radius 2 is 1.33 bits per heavy atom. The van der Waals surface area contributed by atoms with Crippen LogP contribution in [0.25, 0.3) is 29.6 Å². The molecule has 0 nitrogen and oxygen atoms in total. The number of benzene rings is 2. The molecule has 0 spiro atoms. The van der Waals surface area contributed by atoms with Crippen LogP contribution in [0.4, 0.5) is 0 Å². The summed E-state index contributed by atoms with van der Waals surface area (Å²) >= 11 is 3.85. The molecule has 2 aromatic carbocycles. The normalized spacial score (nSPS) is 11.9. The van der Waals surface area contributed by atoms with Crippen molar-refractivity contribution in [1.82, 2.24) is 0 Å². The van der Waals surface area contributed by atoms with Gasteiger partial charge in [0, 0.05) is 20.2 Å². The molecule has 0 aliphatic rings. The maximum Gasteiger partial charge on any atom is 0.0542 e. The van der Waals surface area contributed by atoms with E-state index in [1.807, 2.05) is 22.7 Å². The first-order valence-corrected chi connectivity index (χ1v) is 7.68. The van der Waals surface area contributed by atoms with Gasteiger partial charge in [0.25, 0.3) is 0 Å². The summed E-state index contributed by atoms with van der Waals surface area (Å²) in [5.41, 5.74) is 2.69. The van der Waals surface area contributed by atoms with Gasteiger partial charge in [0.15, 0.2) is 0 Å². The van der Waals surface area contributed by atoms with Crippen LogP contribution < -0.4 is 0 Å². The smallest absolute Gasteiger partial charge is 0.0542 e. The quantitative estimate of drug-likeness (QED) is 0.373. The first-order valence-electron chi connectivity index (χ1n) is 6.04. The molecule has 0 N–H and O–H groups in total. The van der Waals surface area contributed by atoms with Crippen molar-refractivity contribution in [2.75, 3.05) is 0 Å². The Hall–Kier alpha value is -1.38. The van der Waals surface area contributed by atoms with E-state index < -0.39 is 0 Å². The second kappa shape index (κ2) is 3.56. The summed E-state index contributed by atoms with van der Waals surface area (Å²) in [7, 11) is 0. The minimum Gasteiger partial charge on any atom is -0.134 e. The summed E-state index contributed by atoms with van der Waals surface area (Å²) in [4.78, 5) is 0. The van der Waals surface area contributed by atoms with Crippen molar-refractivity contribution in [3.8, 4) is 0 Å². The second-order valence-corrected chi connectivity index (χ2v) is 6.97. The first kappa shape index (κ1) is 10.5. The standard InChI is InChI=1S/C16H12S2/c1-9-4-6-13-12(7-9)16-15(17-13)11-5-3-10(2)8-14(11)18-16/h3-8H,1-2H3. The fourth-order valence-corrected chi connectivity index (χ4v) is 5.20. The van der Waals surface area contributed by atoms with Gasteiger partial charge in [-0.25, -0.2) is 0 Å². The summed E-state index contributed by atoms with van der Waals surface area (Å²) < 4.78 is 5.74. The van der Waals surface area contributed by atoms with Crippen LogP contribution >= 0.6 is 22.7 Å². The fraction of sp³-hybridized carbons (Fsp3) is 0.125. The molecule has 0 aliphatic carbocycles. The van der Waals surface area contributed by atoms with Gasteiger partial charge in [-0.2, -0.15) is 0 Å². The van der Waals surface area contributed by atoms with Crippen molar-refractivity contribution < 1.29 is 0 Å². The van der Waals surface area contributed by atoms with Crippen molar-refractivity contribution in [3.05, 3.63) is 47.5 Å². The summed E-state index contributed by atoms with van der Waals surface area (Å²) in [6.45, 7) is 4.33. The van der Waals surface area contributed by atoms with Crippen LogP contribution in [0.5, 0.6) is 0 Å². The van der Waals surface area contributed by atoms with Crippen molar-refractivity contribution in [2.24, 2.45) is 0 Å². The van der Waals surface area contributed by atoms with Crippen molar-refractivity contribution >= 4 is 52.2 Å². The Labute approximate surface area is 113 Å². The van der Waals surface area contributed by atoms with E-state index in [1.165, 1.54) is 40.7 Å². The van der Waals surface area contributed by atoms with E-state index in [4.69, 9.17) is 0 Å². The lowest BCUT2D eigenvalue weighted by Gasteiger charge is -1.93. The van der Waals surface area contributed by atoms with Crippen LogP contribution in [0.2, 0.25) is 0 Å². The molecular weight excluding hydrogens is 256 g/mol. The summed E-state index contributed by atoms with van der Waals surface area (Å²) in [5.74, 6) is 0. The van der Waals surface area contributed by atoms with Crippen LogP contribution in [0.3, 0.4) is 0 Å². The van der Waals surface area contributed by atoms with Crippen molar-refractivity contribution in [3.63, 3.8) is 0 Å². The Balaban J connectivity index is 2.25. The maximum absolute atomic E-state index is 2.32. The number of thiophene rings is 2. The molecule has 4 rings (SSSR count). The van der Waals surface area contributed by atoms with E-state index in [2.05, 4.69) is 50.2 Å². The maximum atomic E-state index is 2.32.